The summed E-state index contributed by atoms with van der Waals surface area (Å²) in [6.07, 6.45) is 2.60. The van der Waals surface area contributed by atoms with Crippen molar-refractivity contribution >= 4 is 11.6 Å². The molecule has 1 saturated carbocycles. The van der Waals surface area contributed by atoms with Crippen LogP contribution in [0.1, 0.15) is 19.8 Å². The van der Waals surface area contributed by atoms with Crippen molar-refractivity contribution in [3.8, 4) is 11.4 Å². The molecule has 1 heterocycles. The van der Waals surface area contributed by atoms with Gasteiger partial charge >= 0.3 is 0 Å². The third-order valence-electron chi connectivity index (χ3n) is 3.81. The van der Waals surface area contributed by atoms with Gasteiger partial charge in [-0.3, -0.25) is 0 Å². The Morgan fingerprint density at radius 2 is 1.80 bits per heavy atom. The summed E-state index contributed by atoms with van der Waals surface area (Å²) in [5, 5.41) is 6.54. The topological polar surface area (TPSA) is 49.8 Å². The lowest BCUT2D eigenvalue weighted by Crippen LogP contribution is -2.13. The lowest BCUT2D eigenvalue weighted by Gasteiger charge is -2.13. The van der Waals surface area contributed by atoms with Crippen LogP contribution < -0.4 is 10.6 Å². The van der Waals surface area contributed by atoms with E-state index < -0.39 is 0 Å². The highest BCUT2D eigenvalue weighted by molar-refractivity contribution is 5.61. The quantitative estimate of drug-likeness (QED) is 0.872. The van der Waals surface area contributed by atoms with Crippen LogP contribution in [-0.4, -0.2) is 23.6 Å². The Bertz CT molecular complexity index is 591. The molecule has 1 aliphatic rings. The minimum Gasteiger partial charge on any atom is -0.373 e. The lowest BCUT2D eigenvalue weighted by atomic mass is 10.1. The van der Waals surface area contributed by atoms with Gasteiger partial charge in [0.25, 0.3) is 0 Å². The molecule has 4 heteroatoms. The number of hydrogen-bond donors (Lipinski definition) is 2. The van der Waals surface area contributed by atoms with Crippen LogP contribution in [0.25, 0.3) is 11.4 Å². The number of hydrogen-bond acceptors (Lipinski definition) is 4. The highest BCUT2D eigenvalue weighted by atomic mass is 15.1. The largest absolute Gasteiger partial charge is 0.373 e. The van der Waals surface area contributed by atoms with Gasteiger partial charge in [0.05, 0.1) is 0 Å². The van der Waals surface area contributed by atoms with E-state index in [-0.39, 0.29) is 0 Å². The molecule has 2 N–H and O–H groups in total. The van der Waals surface area contributed by atoms with E-state index in [4.69, 9.17) is 0 Å². The monoisotopic (exact) mass is 268 g/mol. The van der Waals surface area contributed by atoms with E-state index in [1.807, 2.05) is 43.4 Å². The molecule has 0 spiro atoms. The van der Waals surface area contributed by atoms with E-state index in [1.165, 1.54) is 12.8 Å². The first-order chi connectivity index (χ1) is 9.68. The van der Waals surface area contributed by atoms with Crippen LogP contribution in [0.2, 0.25) is 0 Å². The Morgan fingerprint density at radius 1 is 1.10 bits per heavy atom. The van der Waals surface area contributed by atoms with Crippen molar-refractivity contribution < 1.29 is 0 Å². The van der Waals surface area contributed by atoms with Crippen molar-refractivity contribution in [3.05, 3.63) is 36.4 Å². The molecule has 0 radical (unpaired) electrons. The highest BCUT2D eigenvalue weighted by Gasteiger charge is 2.36. The molecular weight excluding hydrogens is 248 g/mol. The number of anilines is 2. The summed E-state index contributed by atoms with van der Waals surface area (Å²) in [5.41, 5.74) is 1.49. The number of aromatic nitrogens is 2. The standard InChI is InChI=1S/C16H20N4/c1-16(8-9-16)11-18-14-10-13(17-2)19-15(20-14)12-6-4-3-5-7-12/h3-7,10H,8-9,11H2,1-2H3,(H2,17,18,19,20). The predicted octanol–water partition coefficient (Wildman–Crippen LogP) is 3.40. The smallest absolute Gasteiger partial charge is 0.163 e. The fourth-order valence-corrected chi connectivity index (χ4v) is 2.08. The van der Waals surface area contributed by atoms with E-state index in [9.17, 15) is 0 Å². The number of rotatable bonds is 5. The number of benzene rings is 1. The summed E-state index contributed by atoms with van der Waals surface area (Å²) < 4.78 is 0. The summed E-state index contributed by atoms with van der Waals surface area (Å²) in [4.78, 5) is 9.14. The molecule has 1 aromatic heterocycles. The molecule has 0 atom stereocenters. The van der Waals surface area contributed by atoms with Gasteiger partial charge < -0.3 is 10.6 Å². The summed E-state index contributed by atoms with van der Waals surface area (Å²) >= 11 is 0. The molecule has 0 bridgehead atoms. The third-order valence-corrected chi connectivity index (χ3v) is 3.81. The number of nitrogens with zero attached hydrogens (tertiary/aromatic N) is 2. The summed E-state index contributed by atoms with van der Waals surface area (Å²) in [6.45, 7) is 3.28. The average molecular weight is 268 g/mol. The maximum Gasteiger partial charge on any atom is 0.163 e. The fourth-order valence-electron chi connectivity index (χ4n) is 2.08. The van der Waals surface area contributed by atoms with Crippen molar-refractivity contribution in [1.29, 1.82) is 0 Å². The molecule has 0 amide bonds. The first kappa shape index (κ1) is 12.9. The van der Waals surface area contributed by atoms with Crippen LogP contribution in [0.4, 0.5) is 11.6 Å². The summed E-state index contributed by atoms with van der Waals surface area (Å²) in [6, 6.07) is 12.0. The molecule has 1 aromatic carbocycles. The molecule has 0 unspecified atom stereocenters. The van der Waals surface area contributed by atoms with Crippen LogP contribution in [0.15, 0.2) is 36.4 Å². The van der Waals surface area contributed by atoms with Crippen molar-refractivity contribution in [1.82, 2.24) is 9.97 Å². The Hall–Kier alpha value is -2.10. The molecule has 1 fully saturated rings. The highest BCUT2D eigenvalue weighted by Crippen LogP contribution is 2.44. The predicted molar refractivity (Wildman–Crippen MR) is 82.8 cm³/mol. The molecule has 1 aliphatic carbocycles. The first-order valence-electron chi connectivity index (χ1n) is 7.05. The Balaban J connectivity index is 1.86. The zero-order valence-electron chi connectivity index (χ0n) is 12.0. The van der Waals surface area contributed by atoms with Gasteiger partial charge in [0.1, 0.15) is 11.6 Å². The molecule has 2 aromatic rings. The van der Waals surface area contributed by atoms with Gasteiger partial charge in [0, 0.05) is 25.2 Å². The molecule has 0 aliphatic heterocycles. The second kappa shape index (κ2) is 5.12. The third kappa shape index (κ3) is 2.90. The van der Waals surface area contributed by atoms with Crippen molar-refractivity contribution in [2.24, 2.45) is 5.41 Å². The van der Waals surface area contributed by atoms with E-state index >= 15 is 0 Å². The van der Waals surface area contributed by atoms with Gasteiger partial charge in [-0.2, -0.15) is 0 Å². The van der Waals surface area contributed by atoms with Crippen LogP contribution in [0, 0.1) is 5.41 Å². The van der Waals surface area contributed by atoms with Crippen LogP contribution in [0.3, 0.4) is 0 Å². The second-order valence-electron chi connectivity index (χ2n) is 5.74. The summed E-state index contributed by atoms with van der Waals surface area (Å²) in [5.74, 6) is 2.47. The maximum absolute atomic E-state index is 4.62. The van der Waals surface area contributed by atoms with Gasteiger partial charge in [0.2, 0.25) is 0 Å². The zero-order valence-corrected chi connectivity index (χ0v) is 12.0. The molecule has 4 nitrogen and oxygen atoms in total. The minimum atomic E-state index is 0.456. The fraction of sp³-hybridized carbons (Fsp3) is 0.375. The average Bonchev–Trinajstić information content (AvgIpc) is 3.24. The molecule has 3 rings (SSSR count). The van der Waals surface area contributed by atoms with Crippen molar-refractivity contribution in [2.75, 3.05) is 24.2 Å². The van der Waals surface area contributed by atoms with E-state index in [0.29, 0.717) is 5.41 Å². The van der Waals surface area contributed by atoms with E-state index in [2.05, 4.69) is 27.5 Å². The molecule has 0 saturated heterocycles. The van der Waals surface area contributed by atoms with Crippen molar-refractivity contribution in [2.45, 2.75) is 19.8 Å². The molecule has 104 valence electrons. The SMILES string of the molecule is CNc1cc(NCC2(C)CC2)nc(-c2ccccc2)n1. The maximum atomic E-state index is 4.62. The van der Waals surface area contributed by atoms with Crippen LogP contribution in [-0.2, 0) is 0 Å². The van der Waals surface area contributed by atoms with E-state index in [1.54, 1.807) is 0 Å². The van der Waals surface area contributed by atoms with Crippen LogP contribution in [0.5, 0.6) is 0 Å². The number of nitrogens with one attached hydrogen (secondary N) is 2. The normalized spacial score (nSPS) is 15.7. The molecular formula is C16H20N4. The van der Waals surface area contributed by atoms with E-state index in [0.717, 1.165) is 29.6 Å². The van der Waals surface area contributed by atoms with Crippen LogP contribution >= 0.6 is 0 Å². The van der Waals surface area contributed by atoms with Crippen molar-refractivity contribution in [3.63, 3.8) is 0 Å². The van der Waals surface area contributed by atoms with Gasteiger partial charge in [-0.05, 0) is 18.3 Å². The minimum absolute atomic E-state index is 0.456. The Labute approximate surface area is 119 Å². The van der Waals surface area contributed by atoms with Gasteiger partial charge in [-0.1, -0.05) is 37.3 Å². The second-order valence-corrected chi connectivity index (χ2v) is 5.74. The Kier molecular flexibility index (Phi) is 3.30. The van der Waals surface area contributed by atoms with Gasteiger partial charge in [0.15, 0.2) is 5.82 Å². The Morgan fingerprint density at radius 3 is 2.45 bits per heavy atom. The summed E-state index contributed by atoms with van der Waals surface area (Å²) in [7, 11) is 1.88. The zero-order chi connectivity index (χ0) is 14.0. The molecule has 20 heavy (non-hydrogen) atoms. The first-order valence-corrected chi connectivity index (χ1v) is 7.05. The van der Waals surface area contributed by atoms with Gasteiger partial charge in [-0.15, -0.1) is 0 Å². The van der Waals surface area contributed by atoms with Gasteiger partial charge in [-0.25, -0.2) is 9.97 Å². The lowest BCUT2D eigenvalue weighted by molar-refractivity contribution is 0.609.